The van der Waals surface area contributed by atoms with Crippen LogP contribution in [0, 0.1) is 0 Å². The van der Waals surface area contributed by atoms with Crippen molar-refractivity contribution in [2.24, 2.45) is 0 Å². The molecule has 0 N–H and O–H groups in total. The maximum Gasteiger partial charge on any atom is 0.253 e. The van der Waals surface area contributed by atoms with Gasteiger partial charge in [-0.25, -0.2) is 0 Å². The van der Waals surface area contributed by atoms with Crippen LogP contribution in [0.25, 0.3) is 0 Å². The van der Waals surface area contributed by atoms with Crippen molar-refractivity contribution in [3.63, 3.8) is 0 Å². The molecule has 1 heterocycles. The fourth-order valence-electron chi connectivity index (χ4n) is 3.21. The van der Waals surface area contributed by atoms with Crippen LogP contribution in [-0.2, 0) is 11.2 Å². The van der Waals surface area contributed by atoms with Gasteiger partial charge in [0, 0.05) is 31.7 Å². The Labute approximate surface area is 174 Å². The van der Waals surface area contributed by atoms with Gasteiger partial charge in [-0.1, -0.05) is 35.3 Å². The molecule has 3 rings (SSSR count). The number of carbonyl (C=O) groups excluding carboxylic acids is 2. The molecule has 2 aromatic rings. The summed E-state index contributed by atoms with van der Waals surface area (Å²) in [6.07, 6.45) is 1.08. The zero-order valence-corrected chi connectivity index (χ0v) is 17.2. The van der Waals surface area contributed by atoms with Gasteiger partial charge < -0.3 is 14.5 Å². The Morgan fingerprint density at radius 2 is 1.61 bits per heavy atom. The average Bonchev–Trinajstić information content (AvgIpc) is 2.96. The lowest BCUT2D eigenvalue weighted by atomic mass is 10.1. The molecule has 1 aliphatic rings. The number of halogens is 2. The molecule has 0 spiro atoms. The number of carbonyl (C=O) groups is 2. The predicted octanol–water partition coefficient (Wildman–Crippen LogP) is 3.92. The van der Waals surface area contributed by atoms with Crippen LogP contribution in [0.2, 0.25) is 10.0 Å². The maximum atomic E-state index is 12.8. The van der Waals surface area contributed by atoms with E-state index in [2.05, 4.69) is 0 Å². The van der Waals surface area contributed by atoms with E-state index >= 15 is 0 Å². The molecule has 0 radical (unpaired) electrons. The van der Waals surface area contributed by atoms with Crippen molar-refractivity contribution >= 4 is 35.0 Å². The van der Waals surface area contributed by atoms with Crippen LogP contribution in [0.1, 0.15) is 22.3 Å². The van der Waals surface area contributed by atoms with E-state index in [4.69, 9.17) is 27.9 Å². The van der Waals surface area contributed by atoms with Crippen LogP contribution >= 0.6 is 23.2 Å². The SMILES string of the molecule is COc1ccc(CC(=O)N2CCCN(C(=O)c3ccc(Cl)c(Cl)c3)CC2)cc1. The maximum absolute atomic E-state index is 12.8. The van der Waals surface area contributed by atoms with E-state index in [1.807, 2.05) is 29.2 Å². The summed E-state index contributed by atoms with van der Waals surface area (Å²) in [5.74, 6) is 0.736. The molecule has 5 nitrogen and oxygen atoms in total. The van der Waals surface area contributed by atoms with Gasteiger partial charge >= 0.3 is 0 Å². The molecule has 0 unspecified atom stereocenters. The van der Waals surface area contributed by atoms with Crippen molar-refractivity contribution in [1.82, 2.24) is 9.80 Å². The molecule has 1 aliphatic heterocycles. The van der Waals surface area contributed by atoms with Gasteiger partial charge in [0.25, 0.3) is 5.91 Å². The molecule has 2 aromatic carbocycles. The van der Waals surface area contributed by atoms with Crippen molar-refractivity contribution in [2.45, 2.75) is 12.8 Å². The molecule has 2 amide bonds. The fraction of sp³-hybridized carbons (Fsp3) is 0.333. The first kappa shape index (κ1) is 20.5. The smallest absolute Gasteiger partial charge is 0.253 e. The highest BCUT2D eigenvalue weighted by Gasteiger charge is 2.23. The van der Waals surface area contributed by atoms with Crippen molar-refractivity contribution in [3.05, 3.63) is 63.6 Å². The quantitative estimate of drug-likeness (QED) is 0.752. The first-order valence-corrected chi connectivity index (χ1v) is 9.88. The normalized spacial score (nSPS) is 14.5. The Morgan fingerprint density at radius 1 is 0.929 bits per heavy atom. The summed E-state index contributed by atoms with van der Waals surface area (Å²) in [5, 5.41) is 0.781. The first-order chi connectivity index (χ1) is 13.5. The second kappa shape index (κ2) is 9.30. The Balaban J connectivity index is 1.59. The third-order valence-corrected chi connectivity index (χ3v) is 5.56. The summed E-state index contributed by atoms with van der Waals surface area (Å²) < 4.78 is 5.14. The number of ether oxygens (including phenoxy) is 1. The highest BCUT2D eigenvalue weighted by atomic mass is 35.5. The topological polar surface area (TPSA) is 49.9 Å². The third kappa shape index (κ3) is 4.97. The van der Waals surface area contributed by atoms with E-state index in [-0.39, 0.29) is 11.8 Å². The molecule has 28 heavy (non-hydrogen) atoms. The minimum atomic E-state index is -0.0944. The lowest BCUT2D eigenvalue weighted by molar-refractivity contribution is -0.130. The molecular formula is C21H22Cl2N2O3. The van der Waals surface area contributed by atoms with Crippen LogP contribution < -0.4 is 4.74 Å². The highest BCUT2D eigenvalue weighted by molar-refractivity contribution is 6.42. The summed E-state index contributed by atoms with van der Waals surface area (Å²) in [6.45, 7) is 2.25. The van der Waals surface area contributed by atoms with Crippen LogP contribution in [0.3, 0.4) is 0 Å². The van der Waals surface area contributed by atoms with Gasteiger partial charge in [0.1, 0.15) is 5.75 Å². The van der Waals surface area contributed by atoms with Crippen LogP contribution in [0.15, 0.2) is 42.5 Å². The number of hydrogen-bond acceptors (Lipinski definition) is 3. The Kier molecular flexibility index (Phi) is 6.81. The second-order valence-electron chi connectivity index (χ2n) is 6.68. The Hall–Kier alpha value is -2.24. The monoisotopic (exact) mass is 420 g/mol. The molecule has 7 heteroatoms. The summed E-state index contributed by atoms with van der Waals surface area (Å²) in [7, 11) is 1.61. The molecule has 0 aliphatic carbocycles. The molecule has 1 fully saturated rings. The number of nitrogens with zero attached hydrogens (tertiary/aromatic N) is 2. The number of methoxy groups -OCH3 is 1. The number of benzene rings is 2. The largest absolute Gasteiger partial charge is 0.497 e. The Morgan fingerprint density at radius 3 is 2.29 bits per heavy atom. The third-order valence-electron chi connectivity index (χ3n) is 4.82. The van der Waals surface area contributed by atoms with Crippen molar-refractivity contribution in [2.75, 3.05) is 33.3 Å². The summed E-state index contributed by atoms with van der Waals surface area (Å²) in [6, 6.07) is 12.4. The van der Waals surface area contributed by atoms with Gasteiger partial charge in [-0.15, -0.1) is 0 Å². The van der Waals surface area contributed by atoms with Gasteiger partial charge in [0.05, 0.1) is 23.6 Å². The van der Waals surface area contributed by atoms with E-state index < -0.39 is 0 Å². The standard InChI is InChI=1S/C21H22Cl2N2O3/c1-28-17-6-3-15(4-7-17)13-20(26)24-9-2-10-25(12-11-24)21(27)16-5-8-18(22)19(23)14-16/h3-8,14H,2,9-13H2,1H3. The molecule has 0 atom stereocenters. The van der Waals surface area contributed by atoms with Crippen LogP contribution in [0.4, 0.5) is 0 Å². The van der Waals surface area contributed by atoms with Crippen molar-refractivity contribution in [1.29, 1.82) is 0 Å². The van der Waals surface area contributed by atoms with Gasteiger partial charge in [-0.05, 0) is 42.3 Å². The van der Waals surface area contributed by atoms with Crippen molar-refractivity contribution in [3.8, 4) is 5.75 Å². The molecule has 0 bridgehead atoms. The van der Waals surface area contributed by atoms with Gasteiger partial charge in [0.15, 0.2) is 0 Å². The minimum Gasteiger partial charge on any atom is -0.497 e. The summed E-state index contributed by atoms with van der Waals surface area (Å²) in [5.41, 5.74) is 1.45. The van der Waals surface area contributed by atoms with E-state index in [0.29, 0.717) is 48.2 Å². The van der Waals surface area contributed by atoms with Gasteiger partial charge in [-0.2, -0.15) is 0 Å². The predicted molar refractivity (Wildman–Crippen MR) is 110 cm³/mol. The summed E-state index contributed by atoms with van der Waals surface area (Å²) >= 11 is 12.0. The number of hydrogen-bond donors (Lipinski definition) is 0. The molecule has 1 saturated heterocycles. The molecule has 0 saturated carbocycles. The van der Waals surface area contributed by atoms with Crippen LogP contribution in [0.5, 0.6) is 5.75 Å². The van der Waals surface area contributed by atoms with E-state index in [9.17, 15) is 9.59 Å². The fourth-order valence-corrected chi connectivity index (χ4v) is 3.51. The highest BCUT2D eigenvalue weighted by Crippen LogP contribution is 2.23. The Bertz CT molecular complexity index is 855. The minimum absolute atomic E-state index is 0.0639. The molecular weight excluding hydrogens is 399 g/mol. The van der Waals surface area contributed by atoms with Gasteiger partial charge in [0.2, 0.25) is 5.91 Å². The van der Waals surface area contributed by atoms with E-state index in [1.54, 1.807) is 30.2 Å². The summed E-state index contributed by atoms with van der Waals surface area (Å²) in [4.78, 5) is 29.0. The molecule has 0 aromatic heterocycles. The van der Waals surface area contributed by atoms with E-state index in [1.165, 1.54) is 0 Å². The van der Waals surface area contributed by atoms with Crippen LogP contribution in [-0.4, -0.2) is 54.9 Å². The number of rotatable bonds is 4. The lowest BCUT2D eigenvalue weighted by Gasteiger charge is -2.22. The van der Waals surface area contributed by atoms with Crippen molar-refractivity contribution < 1.29 is 14.3 Å². The first-order valence-electron chi connectivity index (χ1n) is 9.13. The van der Waals surface area contributed by atoms with Gasteiger partial charge in [-0.3, -0.25) is 9.59 Å². The zero-order valence-electron chi connectivity index (χ0n) is 15.7. The lowest BCUT2D eigenvalue weighted by Crippen LogP contribution is -2.38. The molecule has 148 valence electrons. The van der Waals surface area contributed by atoms with E-state index in [0.717, 1.165) is 17.7 Å². The second-order valence-corrected chi connectivity index (χ2v) is 7.49. The number of amides is 2. The average molecular weight is 421 g/mol. The zero-order chi connectivity index (χ0) is 20.1.